The normalized spacial score (nSPS) is 15.6. The molecule has 8 nitrogen and oxygen atoms in total. The summed E-state index contributed by atoms with van der Waals surface area (Å²) in [5, 5.41) is 4.12. The van der Waals surface area contributed by atoms with Crippen LogP contribution in [-0.2, 0) is 23.2 Å². The number of ether oxygens (including phenoxy) is 1. The Morgan fingerprint density at radius 2 is 1.84 bits per heavy atom. The molecule has 12 heteroatoms. The highest BCUT2D eigenvalue weighted by molar-refractivity contribution is 7.92. The molecule has 192 valence electrons. The van der Waals surface area contributed by atoms with Gasteiger partial charge in [0.2, 0.25) is 5.95 Å². The molecule has 1 aliphatic rings. The molecule has 2 aromatic carbocycles. The van der Waals surface area contributed by atoms with Gasteiger partial charge in [-0.3, -0.25) is 4.68 Å². The summed E-state index contributed by atoms with van der Waals surface area (Å²) in [6.07, 6.45) is -1.02. The number of hydrogen-bond acceptors (Lipinski definition) is 6. The quantitative estimate of drug-likeness (QED) is 0.394. The summed E-state index contributed by atoms with van der Waals surface area (Å²) in [5.41, 5.74) is 2.14. The highest BCUT2D eigenvalue weighted by Crippen LogP contribution is 2.44. The maximum Gasteiger partial charge on any atom is 0.416 e. The van der Waals surface area contributed by atoms with Gasteiger partial charge in [-0.2, -0.15) is 18.3 Å². The lowest BCUT2D eigenvalue weighted by atomic mass is 9.83. The Morgan fingerprint density at radius 1 is 1.05 bits per heavy atom. The maximum atomic E-state index is 13.5. The van der Waals surface area contributed by atoms with Gasteiger partial charge in [0, 0.05) is 48.2 Å². The van der Waals surface area contributed by atoms with Crippen molar-refractivity contribution < 1.29 is 26.3 Å². The van der Waals surface area contributed by atoms with Gasteiger partial charge in [-0.25, -0.2) is 23.1 Å². The van der Waals surface area contributed by atoms with Gasteiger partial charge in [0.15, 0.2) is 0 Å². The van der Waals surface area contributed by atoms with Crippen LogP contribution in [0.15, 0.2) is 65.8 Å². The Balaban J connectivity index is 1.55. The van der Waals surface area contributed by atoms with Crippen LogP contribution in [0.5, 0.6) is 5.75 Å². The standard InChI is InChI=1S/C25H22F3N5O3S/c1-15-7-10-29-24(31-15)32-37(34,35)17-4-6-20-19(9-12-36-23(20)14-17)18-5-3-16(25(26,27)28)13-21(18)22-8-11-30-33(22)2/h3-8,10-11,13-14,19H,9,12H2,1-2H3,(H,29,31,32). The molecule has 0 saturated heterocycles. The Morgan fingerprint density at radius 3 is 2.54 bits per heavy atom. The van der Waals surface area contributed by atoms with Crippen molar-refractivity contribution in [1.29, 1.82) is 0 Å². The monoisotopic (exact) mass is 529 g/mol. The number of alkyl halides is 3. The van der Waals surface area contributed by atoms with E-state index in [2.05, 4.69) is 19.8 Å². The van der Waals surface area contributed by atoms with Gasteiger partial charge in [0.1, 0.15) is 5.75 Å². The second-order valence-corrected chi connectivity index (χ2v) is 10.3. The van der Waals surface area contributed by atoms with Gasteiger partial charge < -0.3 is 4.74 Å². The van der Waals surface area contributed by atoms with Crippen LogP contribution < -0.4 is 9.46 Å². The first kappa shape index (κ1) is 24.8. The number of aryl methyl sites for hydroxylation is 2. The van der Waals surface area contributed by atoms with Gasteiger partial charge >= 0.3 is 6.18 Å². The molecule has 37 heavy (non-hydrogen) atoms. The van der Waals surface area contributed by atoms with E-state index in [-0.39, 0.29) is 23.4 Å². The molecule has 0 bridgehead atoms. The van der Waals surface area contributed by atoms with Crippen molar-refractivity contribution in [3.05, 3.63) is 83.3 Å². The van der Waals surface area contributed by atoms with Gasteiger partial charge in [-0.05, 0) is 49.2 Å². The lowest BCUT2D eigenvalue weighted by molar-refractivity contribution is -0.137. The topological polar surface area (TPSA) is 99.0 Å². The van der Waals surface area contributed by atoms with Crippen LogP contribution >= 0.6 is 0 Å². The van der Waals surface area contributed by atoms with E-state index in [0.29, 0.717) is 40.2 Å². The molecular formula is C25H22F3N5O3S. The first-order valence-electron chi connectivity index (χ1n) is 11.3. The minimum atomic E-state index is -4.50. The molecule has 0 radical (unpaired) electrons. The van der Waals surface area contributed by atoms with Gasteiger partial charge in [0.05, 0.1) is 22.8 Å². The number of fused-ring (bicyclic) bond motifs is 1. The number of aromatic nitrogens is 4. The fourth-order valence-electron chi connectivity index (χ4n) is 4.43. The average molecular weight is 530 g/mol. The minimum absolute atomic E-state index is 0.0451. The first-order chi connectivity index (χ1) is 17.5. The Labute approximate surface area is 211 Å². The molecule has 0 aliphatic carbocycles. The third kappa shape index (κ3) is 4.88. The van der Waals surface area contributed by atoms with E-state index in [0.717, 1.165) is 12.1 Å². The van der Waals surface area contributed by atoms with Crippen molar-refractivity contribution in [3.8, 4) is 17.0 Å². The molecule has 1 unspecified atom stereocenters. The third-order valence-corrected chi connectivity index (χ3v) is 7.53. The van der Waals surface area contributed by atoms with E-state index >= 15 is 0 Å². The number of halogens is 3. The van der Waals surface area contributed by atoms with Crippen LogP contribution in [-0.4, -0.2) is 34.8 Å². The zero-order valence-electron chi connectivity index (χ0n) is 19.8. The van der Waals surface area contributed by atoms with Crippen molar-refractivity contribution in [2.75, 3.05) is 11.3 Å². The van der Waals surface area contributed by atoms with Crippen molar-refractivity contribution >= 4 is 16.0 Å². The number of hydrogen-bond donors (Lipinski definition) is 1. The average Bonchev–Trinajstić information content (AvgIpc) is 3.27. The first-order valence-corrected chi connectivity index (χ1v) is 12.8. The van der Waals surface area contributed by atoms with Crippen LogP contribution in [0, 0.1) is 6.92 Å². The zero-order valence-corrected chi connectivity index (χ0v) is 20.6. The number of nitrogens with zero attached hydrogens (tertiary/aromatic N) is 4. The Hall–Kier alpha value is -3.93. The second kappa shape index (κ2) is 9.18. The van der Waals surface area contributed by atoms with Gasteiger partial charge in [-0.1, -0.05) is 12.1 Å². The van der Waals surface area contributed by atoms with E-state index < -0.39 is 21.8 Å². The highest BCUT2D eigenvalue weighted by Gasteiger charge is 2.33. The van der Waals surface area contributed by atoms with E-state index in [1.54, 1.807) is 32.2 Å². The molecule has 0 spiro atoms. The summed E-state index contributed by atoms with van der Waals surface area (Å²) in [4.78, 5) is 7.96. The second-order valence-electron chi connectivity index (χ2n) is 8.66. The lowest BCUT2D eigenvalue weighted by Gasteiger charge is -2.28. The predicted octanol–water partition coefficient (Wildman–Crippen LogP) is 4.92. The molecule has 2 aromatic heterocycles. The van der Waals surface area contributed by atoms with E-state index in [4.69, 9.17) is 4.74 Å². The summed E-state index contributed by atoms with van der Waals surface area (Å²) in [5.74, 6) is -0.0250. The lowest BCUT2D eigenvalue weighted by Crippen LogP contribution is -2.19. The van der Waals surface area contributed by atoms with Crippen molar-refractivity contribution in [1.82, 2.24) is 19.7 Å². The predicted molar refractivity (Wildman–Crippen MR) is 130 cm³/mol. The molecule has 5 rings (SSSR count). The van der Waals surface area contributed by atoms with E-state index in [1.807, 2.05) is 0 Å². The maximum absolute atomic E-state index is 13.5. The molecule has 1 aliphatic heterocycles. The van der Waals surface area contributed by atoms with Crippen molar-refractivity contribution in [3.63, 3.8) is 0 Å². The molecular weight excluding hydrogens is 507 g/mol. The molecule has 0 amide bonds. The summed E-state index contributed by atoms with van der Waals surface area (Å²) in [6, 6.07) is 11.5. The van der Waals surface area contributed by atoms with E-state index in [1.165, 1.54) is 35.3 Å². The fraction of sp³-hybridized carbons (Fsp3) is 0.240. The molecule has 0 fully saturated rings. The zero-order chi connectivity index (χ0) is 26.4. The minimum Gasteiger partial charge on any atom is -0.493 e. The van der Waals surface area contributed by atoms with Crippen LogP contribution in [0.2, 0.25) is 0 Å². The number of anilines is 1. The number of nitrogens with one attached hydrogen (secondary N) is 1. The van der Waals surface area contributed by atoms with Gasteiger partial charge in [-0.15, -0.1) is 0 Å². The van der Waals surface area contributed by atoms with Crippen LogP contribution in [0.1, 0.15) is 34.7 Å². The van der Waals surface area contributed by atoms with Gasteiger partial charge in [0.25, 0.3) is 10.0 Å². The third-order valence-electron chi connectivity index (χ3n) is 6.21. The highest BCUT2D eigenvalue weighted by atomic mass is 32.2. The molecule has 3 heterocycles. The Bertz CT molecular complexity index is 1580. The van der Waals surface area contributed by atoms with Crippen LogP contribution in [0.4, 0.5) is 19.1 Å². The van der Waals surface area contributed by atoms with E-state index in [9.17, 15) is 21.6 Å². The number of rotatable bonds is 5. The Kier molecular flexibility index (Phi) is 6.14. The smallest absolute Gasteiger partial charge is 0.416 e. The summed E-state index contributed by atoms with van der Waals surface area (Å²) in [6.45, 7) is 1.98. The summed E-state index contributed by atoms with van der Waals surface area (Å²) in [7, 11) is -2.34. The molecule has 1 atom stereocenters. The number of sulfonamides is 1. The largest absolute Gasteiger partial charge is 0.493 e. The van der Waals surface area contributed by atoms with Crippen LogP contribution in [0.3, 0.4) is 0 Å². The number of benzene rings is 2. The van der Waals surface area contributed by atoms with Crippen molar-refractivity contribution in [2.24, 2.45) is 7.05 Å². The summed E-state index contributed by atoms with van der Waals surface area (Å²) < 4.78 is 76.2. The molecule has 4 aromatic rings. The van der Waals surface area contributed by atoms with Crippen molar-refractivity contribution in [2.45, 2.75) is 30.3 Å². The molecule has 1 N–H and O–H groups in total. The fourth-order valence-corrected chi connectivity index (χ4v) is 5.40. The van der Waals surface area contributed by atoms with Crippen LogP contribution in [0.25, 0.3) is 11.3 Å². The SMILES string of the molecule is Cc1ccnc(NS(=O)(=O)c2ccc3c(c2)OCCC3c2ccc(C(F)(F)F)cc2-c2ccnn2C)n1. The molecule has 0 saturated carbocycles. The summed E-state index contributed by atoms with van der Waals surface area (Å²) >= 11 is 0.